The lowest BCUT2D eigenvalue weighted by atomic mass is 9.99. The summed E-state index contributed by atoms with van der Waals surface area (Å²) >= 11 is 5.04. The summed E-state index contributed by atoms with van der Waals surface area (Å²) in [5.74, 6) is -1.43. The summed E-state index contributed by atoms with van der Waals surface area (Å²) in [5.41, 5.74) is 0. The summed E-state index contributed by atoms with van der Waals surface area (Å²) in [7, 11) is 0.179. The molecule has 6 atom stereocenters. The molecule has 0 spiro atoms. The molecule has 3 heterocycles. The largest absolute Gasteiger partial charge is 0.521 e. The Morgan fingerprint density at radius 3 is 2.23 bits per heavy atom. The highest BCUT2D eigenvalue weighted by molar-refractivity contribution is 8.00. The highest BCUT2D eigenvalue weighted by Crippen LogP contribution is 2.44. The molecule has 0 saturated carbocycles. The third-order valence-electron chi connectivity index (χ3n) is 3.74. The monoisotopic (exact) mass is 353 g/mol. The molecule has 0 aromatic rings. The highest BCUT2D eigenvalue weighted by atomic mass is 32.4. The molecule has 3 saturated heterocycles. The van der Waals surface area contributed by atoms with Gasteiger partial charge in [0.25, 0.3) is 0 Å². The van der Waals surface area contributed by atoms with Crippen LogP contribution in [-0.2, 0) is 44.5 Å². The first-order valence-electron chi connectivity index (χ1n) is 7.22. The quantitative estimate of drug-likeness (QED) is 0.709. The van der Waals surface area contributed by atoms with Gasteiger partial charge in [0, 0.05) is 0 Å². The van der Waals surface area contributed by atoms with Crippen molar-refractivity contribution in [1.29, 1.82) is 0 Å². The van der Waals surface area contributed by atoms with E-state index in [0.717, 1.165) is 0 Å². The van der Waals surface area contributed by atoms with Crippen LogP contribution >= 0.6 is 7.15 Å². The van der Waals surface area contributed by atoms with Crippen molar-refractivity contribution in [2.75, 3.05) is 13.7 Å². The van der Waals surface area contributed by atoms with Crippen LogP contribution in [0.2, 0.25) is 0 Å². The molecule has 0 N–H and O–H groups in total. The second-order valence-electron chi connectivity index (χ2n) is 6.41. The zero-order valence-electron chi connectivity index (χ0n) is 13.3. The van der Waals surface area contributed by atoms with Crippen LogP contribution in [0.25, 0.3) is 0 Å². The van der Waals surface area contributed by atoms with Gasteiger partial charge in [-0.3, -0.25) is 0 Å². The SMILES string of the molecule is CO[P+](=S)OC[C@H]1O[C@@H]2OC(C)(C)O[C@@H]2[C@H]2OC(C)(C)O[C@H]21. The van der Waals surface area contributed by atoms with Crippen LogP contribution in [0.4, 0.5) is 0 Å². The fraction of sp³-hybridized carbons (Fsp3) is 1.00. The predicted octanol–water partition coefficient (Wildman–Crippen LogP) is 1.82. The third kappa shape index (κ3) is 3.36. The lowest BCUT2D eigenvalue weighted by Crippen LogP contribution is -2.56. The van der Waals surface area contributed by atoms with Crippen LogP contribution in [0, 0.1) is 0 Å². The van der Waals surface area contributed by atoms with Gasteiger partial charge in [0.05, 0.1) is 7.11 Å². The first-order chi connectivity index (χ1) is 10.2. The minimum absolute atomic E-state index is 0.261. The molecule has 0 amide bonds. The minimum atomic E-state index is -1.34. The molecule has 0 radical (unpaired) electrons. The van der Waals surface area contributed by atoms with E-state index in [0.29, 0.717) is 0 Å². The van der Waals surface area contributed by atoms with E-state index >= 15 is 0 Å². The number of rotatable bonds is 4. The van der Waals surface area contributed by atoms with Gasteiger partial charge in [-0.15, -0.1) is 9.05 Å². The Morgan fingerprint density at radius 2 is 1.55 bits per heavy atom. The zero-order valence-corrected chi connectivity index (χ0v) is 15.0. The Balaban J connectivity index is 1.76. The number of hydrogen-bond acceptors (Lipinski definition) is 8. The second-order valence-corrected chi connectivity index (χ2v) is 8.37. The van der Waals surface area contributed by atoms with Gasteiger partial charge in [0.2, 0.25) is 11.8 Å². The van der Waals surface area contributed by atoms with E-state index in [1.165, 1.54) is 7.11 Å². The van der Waals surface area contributed by atoms with Crippen LogP contribution in [0.1, 0.15) is 27.7 Å². The summed E-state index contributed by atoms with van der Waals surface area (Å²) in [6, 6.07) is 0. The summed E-state index contributed by atoms with van der Waals surface area (Å²) in [5, 5.41) is 0. The van der Waals surface area contributed by atoms with E-state index in [2.05, 4.69) is 0 Å². The zero-order chi connectivity index (χ0) is 16.1. The smallest absolute Gasteiger partial charge is 0.342 e. The normalized spacial score (nSPS) is 42.8. The van der Waals surface area contributed by atoms with Crippen LogP contribution < -0.4 is 0 Å². The first-order valence-corrected chi connectivity index (χ1v) is 9.41. The summed E-state index contributed by atoms with van der Waals surface area (Å²) < 4.78 is 40.2. The highest BCUT2D eigenvalue weighted by Gasteiger charge is 2.60. The maximum atomic E-state index is 6.01. The Bertz CT molecular complexity index is 458. The van der Waals surface area contributed by atoms with E-state index in [4.69, 9.17) is 44.5 Å². The molecular weight excluding hydrogens is 331 g/mol. The molecule has 0 aromatic heterocycles. The van der Waals surface area contributed by atoms with Gasteiger partial charge in [-0.25, -0.2) is 0 Å². The van der Waals surface area contributed by atoms with E-state index in [1.807, 2.05) is 27.7 Å². The lowest BCUT2D eigenvalue weighted by Gasteiger charge is -2.36. The van der Waals surface area contributed by atoms with Gasteiger partial charge in [-0.1, -0.05) is 0 Å². The first kappa shape index (κ1) is 17.1. The lowest BCUT2D eigenvalue weighted by molar-refractivity contribution is -0.238. The molecule has 126 valence electrons. The van der Waals surface area contributed by atoms with Gasteiger partial charge < -0.3 is 23.7 Å². The summed E-state index contributed by atoms with van der Waals surface area (Å²) in [6.07, 6.45) is -1.77. The number of ether oxygens (including phenoxy) is 5. The maximum absolute atomic E-state index is 6.01. The average molecular weight is 353 g/mol. The molecule has 22 heavy (non-hydrogen) atoms. The van der Waals surface area contributed by atoms with Crippen molar-refractivity contribution in [3.63, 3.8) is 0 Å². The maximum Gasteiger partial charge on any atom is 0.521 e. The number of hydrogen-bond donors (Lipinski definition) is 0. The Labute approximate surface area is 136 Å². The van der Waals surface area contributed by atoms with Crippen molar-refractivity contribution < 1.29 is 32.7 Å². The molecule has 0 aromatic carbocycles. The minimum Gasteiger partial charge on any atom is -0.342 e. The van der Waals surface area contributed by atoms with Gasteiger partial charge in [0.15, 0.2) is 17.9 Å². The van der Waals surface area contributed by atoms with Crippen LogP contribution in [0.15, 0.2) is 0 Å². The van der Waals surface area contributed by atoms with Crippen LogP contribution in [0.3, 0.4) is 0 Å². The molecule has 7 nitrogen and oxygen atoms in total. The Morgan fingerprint density at radius 1 is 0.955 bits per heavy atom. The van der Waals surface area contributed by atoms with E-state index in [9.17, 15) is 0 Å². The molecule has 3 aliphatic heterocycles. The third-order valence-corrected chi connectivity index (χ3v) is 5.17. The molecule has 3 aliphatic rings. The molecule has 9 heteroatoms. The van der Waals surface area contributed by atoms with Gasteiger partial charge in [-0.05, 0) is 27.7 Å². The fourth-order valence-electron chi connectivity index (χ4n) is 3.01. The topological polar surface area (TPSA) is 64.6 Å². The van der Waals surface area contributed by atoms with Crippen LogP contribution in [-0.4, -0.2) is 56.0 Å². The van der Waals surface area contributed by atoms with Crippen molar-refractivity contribution >= 4 is 19.0 Å². The second kappa shape index (κ2) is 5.95. The van der Waals surface area contributed by atoms with Gasteiger partial charge in [-0.2, -0.15) is 0 Å². The van der Waals surface area contributed by atoms with Gasteiger partial charge >= 0.3 is 7.15 Å². The van der Waals surface area contributed by atoms with Crippen molar-refractivity contribution in [2.24, 2.45) is 0 Å². The van der Waals surface area contributed by atoms with Crippen LogP contribution in [0.5, 0.6) is 0 Å². The van der Waals surface area contributed by atoms with Crippen molar-refractivity contribution in [3.8, 4) is 0 Å². The van der Waals surface area contributed by atoms with Crippen molar-refractivity contribution in [1.82, 2.24) is 0 Å². The fourth-order valence-corrected chi connectivity index (χ4v) is 3.57. The number of fused-ring (bicyclic) bond motifs is 3. The Kier molecular flexibility index (Phi) is 4.62. The standard InChI is InChI=1S/C13H22O7PS/c1-12(2)17-8-7(6-15-21(22)14-5)16-11-10(9(8)18-12)19-13(3,4)20-11/h7-11H,6H2,1-5H3/q+1/t7-,8+,9+,10-,11-/m1/s1. The molecule has 0 bridgehead atoms. The molecule has 3 fully saturated rings. The van der Waals surface area contributed by atoms with E-state index in [1.54, 1.807) is 0 Å². The predicted molar refractivity (Wildman–Crippen MR) is 79.8 cm³/mol. The molecular formula is C13H22O7PS+. The molecule has 0 aliphatic carbocycles. The summed E-state index contributed by atoms with van der Waals surface area (Å²) in [6.45, 7) is 7.70. The molecule has 1 unspecified atom stereocenters. The summed E-state index contributed by atoms with van der Waals surface area (Å²) in [4.78, 5) is 0. The van der Waals surface area contributed by atoms with Crippen molar-refractivity contribution in [2.45, 2.75) is 70.0 Å². The Hall–Kier alpha value is 0.240. The molecule has 3 rings (SSSR count). The average Bonchev–Trinajstić information content (AvgIpc) is 2.89. The van der Waals surface area contributed by atoms with Gasteiger partial charge in [0.1, 0.15) is 31.0 Å². The van der Waals surface area contributed by atoms with E-state index in [-0.39, 0.29) is 31.0 Å². The van der Waals surface area contributed by atoms with E-state index < -0.39 is 25.0 Å². The van der Waals surface area contributed by atoms with Crippen molar-refractivity contribution in [3.05, 3.63) is 0 Å².